The van der Waals surface area contributed by atoms with E-state index in [0.717, 1.165) is 10.5 Å². The van der Waals surface area contributed by atoms with Crippen LogP contribution in [0.3, 0.4) is 0 Å². The molecule has 0 aromatic heterocycles. The minimum atomic E-state index is 0.0914. The number of rotatable bonds is 2. The molecule has 1 rings (SSSR count). The lowest BCUT2D eigenvalue weighted by Gasteiger charge is -2.08. The van der Waals surface area contributed by atoms with E-state index < -0.39 is 0 Å². The molecule has 1 N–H and O–H groups in total. The molecule has 0 saturated carbocycles. The molecule has 0 spiro atoms. The van der Waals surface area contributed by atoms with Crippen molar-refractivity contribution in [3.05, 3.63) is 29.3 Å². The molecule has 0 fully saturated rings. The normalized spacial score (nSPS) is 10.8. The maximum absolute atomic E-state index is 8.93. The Morgan fingerprint density at radius 3 is 2.50 bits per heavy atom. The first-order valence-electron chi connectivity index (χ1n) is 4.07. The van der Waals surface area contributed by atoms with Gasteiger partial charge in [0.2, 0.25) is 0 Å². The molecule has 0 bridgehead atoms. The summed E-state index contributed by atoms with van der Waals surface area (Å²) >= 11 is 4.26. The minimum Gasteiger partial charge on any atom is -0.392 e. The smallest absolute Gasteiger partial charge is 0.0682 e. The van der Waals surface area contributed by atoms with Crippen molar-refractivity contribution in [1.29, 1.82) is 0 Å². The maximum Gasteiger partial charge on any atom is 0.0682 e. The van der Waals surface area contributed by atoms with Gasteiger partial charge in [0.25, 0.3) is 0 Å². The van der Waals surface area contributed by atoms with Crippen molar-refractivity contribution < 1.29 is 5.11 Å². The molecule has 0 aliphatic rings. The number of benzene rings is 1. The second kappa shape index (κ2) is 3.97. The first kappa shape index (κ1) is 9.62. The summed E-state index contributed by atoms with van der Waals surface area (Å²) < 4.78 is 0. The Bertz CT molecular complexity index is 269. The molecule has 2 heteroatoms. The average molecular weight is 182 g/mol. The average Bonchev–Trinajstić information content (AvgIpc) is 2.03. The van der Waals surface area contributed by atoms with E-state index in [-0.39, 0.29) is 6.61 Å². The van der Waals surface area contributed by atoms with Crippen LogP contribution >= 0.6 is 12.6 Å². The highest BCUT2D eigenvalue weighted by Crippen LogP contribution is 2.20. The molecular formula is C10H14OS. The van der Waals surface area contributed by atoms with Gasteiger partial charge in [-0.15, -0.1) is 12.6 Å². The van der Waals surface area contributed by atoms with E-state index >= 15 is 0 Å². The van der Waals surface area contributed by atoms with Gasteiger partial charge in [-0.2, -0.15) is 0 Å². The monoisotopic (exact) mass is 182 g/mol. The molecule has 12 heavy (non-hydrogen) atoms. The highest BCUT2D eigenvalue weighted by Gasteiger charge is 2.01. The van der Waals surface area contributed by atoms with E-state index in [1.165, 1.54) is 5.56 Å². The van der Waals surface area contributed by atoms with Gasteiger partial charge in [-0.25, -0.2) is 0 Å². The Balaban J connectivity index is 3.06. The largest absolute Gasteiger partial charge is 0.392 e. The second-order valence-corrected chi connectivity index (χ2v) is 3.76. The molecule has 0 radical (unpaired) electrons. The lowest BCUT2D eigenvalue weighted by atomic mass is 10.0. The predicted molar refractivity (Wildman–Crippen MR) is 53.7 cm³/mol. The summed E-state index contributed by atoms with van der Waals surface area (Å²) in [5.41, 5.74) is 2.16. The van der Waals surface area contributed by atoms with Crippen LogP contribution in [0.15, 0.2) is 23.1 Å². The fourth-order valence-electron chi connectivity index (χ4n) is 1.12. The standard InChI is InChI=1S/C10H14OS/c1-7(2)9-3-8(6-11)4-10(12)5-9/h3-5,7,11-12H,6H2,1-2H3. The lowest BCUT2D eigenvalue weighted by molar-refractivity contribution is 0.281. The zero-order valence-electron chi connectivity index (χ0n) is 7.41. The van der Waals surface area contributed by atoms with E-state index in [9.17, 15) is 0 Å². The summed E-state index contributed by atoms with van der Waals surface area (Å²) in [7, 11) is 0. The van der Waals surface area contributed by atoms with Gasteiger partial charge in [-0.05, 0) is 29.2 Å². The van der Waals surface area contributed by atoms with Crippen molar-refractivity contribution in [2.75, 3.05) is 0 Å². The molecule has 0 aliphatic carbocycles. The van der Waals surface area contributed by atoms with Crippen LogP contribution in [-0.4, -0.2) is 5.11 Å². The van der Waals surface area contributed by atoms with Gasteiger partial charge in [0.15, 0.2) is 0 Å². The van der Waals surface area contributed by atoms with Crippen LogP contribution in [0, 0.1) is 0 Å². The van der Waals surface area contributed by atoms with Crippen LogP contribution in [0.1, 0.15) is 30.9 Å². The molecule has 1 aromatic carbocycles. The van der Waals surface area contributed by atoms with Gasteiger partial charge in [-0.1, -0.05) is 19.9 Å². The fourth-order valence-corrected chi connectivity index (χ4v) is 1.44. The SMILES string of the molecule is CC(C)c1cc(S)cc(CO)c1. The summed E-state index contributed by atoms with van der Waals surface area (Å²) in [6.07, 6.45) is 0. The van der Waals surface area contributed by atoms with Crippen molar-refractivity contribution in [2.45, 2.75) is 31.3 Å². The molecule has 0 aliphatic heterocycles. The highest BCUT2D eigenvalue weighted by atomic mass is 32.1. The van der Waals surface area contributed by atoms with E-state index in [1.807, 2.05) is 18.2 Å². The molecule has 1 aromatic rings. The number of hydrogen-bond acceptors (Lipinski definition) is 2. The van der Waals surface area contributed by atoms with E-state index in [1.54, 1.807) is 0 Å². The van der Waals surface area contributed by atoms with Crippen LogP contribution < -0.4 is 0 Å². The quantitative estimate of drug-likeness (QED) is 0.674. The Morgan fingerprint density at radius 1 is 1.33 bits per heavy atom. The van der Waals surface area contributed by atoms with E-state index in [2.05, 4.69) is 26.5 Å². The Kier molecular flexibility index (Phi) is 3.18. The highest BCUT2D eigenvalue weighted by molar-refractivity contribution is 7.80. The first-order valence-corrected chi connectivity index (χ1v) is 4.52. The third-order valence-corrected chi connectivity index (χ3v) is 2.11. The second-order valence-electron chi connectivity index (χ2n) is 3.25. The topological polar surface area (TPSA) is 20.2 Å². The predicted octanol–water partition coefficient (Wildman–Crippen LogP) is 2.59. The Morgan fingerprint density at radius 2 is 2.00 bits per heavy atom. The van der Waals surface area contributed by atoms with Crippen molar-refractivity contribution in [1.82, 2.24) is 0 Å². The summed E-state index contributed by atoms with van der Waals surface area (Å²) in [6.45, 7) is 4.35. The Hall–Kier alpha value is -0.470. The van der Waals surface area contributed by atoms with Gasteiger partial charge in [0, 0.05) is 4.90 Å². The van der Waals surface area contributed by atoms with Crippen LogP contribution in [0.4, 0.5) is 0 Å². The molecule has 0 amide bonds. The van der Waals surface area contributed by atoms with E-state index in [4.69, 9.17) is 5.11 Å². The van der Waals surface area contributed by atoms with Crippen molar-refractivity contribution in [3.8, 4) is 0 Å². The van der Waals surface area contributed by atoms with E-state index in [0.29, 0.717) is 5.92 Å². The maximum atomic E-state index is 8.93. The third kappa shape index (κ3) is 2.26. The van der Waals surface area contributed by atoms with Gasteiger partial charge in [0.05, 0.1) is 6.61 Å². The molecule has 0 atom stereocenters. The number of hydrogen-bond donors (Lipinski definition) is 2. The number of aliphatic hydroxyl groups excluding tert-OH is 1. The van der Waals surface area contributed by atoms with Crippen LogP contribution in [0.25, 0.3) is 0 Å². The fraction of sp³-hybridized carbons (Fsp3) is 0.400. The minimum absolute atomic E-state index is 0.0914. The molecular weight excluding hydrogens is 168 g/mol. The molecule has 0 saturated heterocycles. The lowest BCUT2D eigenvalue weighted by Crippen LogP contribution is -1.91. The van der Waals surface area contributed by atoms with Crippen molar-refractivity contribution in [3.63, 3.8) is 0 Å². The molecule has 0 unspecified atom stereocenters. The van der Waals surface area contributed by atoms with Gasteiger partial charge in [0.1, 0.15) is 0 Å². The van der Waals surface area contributed by atoms with Gasteiger partial charge < -0.3 is 5.11 Å². The summed E-state index contributed by atoms with van der Waals surface area (Å²) in [4.78, 5) is 0.922. The number of thiol groups is 1. The third-order valence-electron chi connectivity index (χ3n) is 1.85. The first-order chi connectivity index (χ1) is 5.63. The van der Waals surface area contributed by atoms with Crippen molar-refractivity contribution >= 4 is 12.6 Å². The summed E-state index contributed by atoms with van der Waals surface area (Å²) in [6, 6.07) is 5.94. The number of aliphatic hydroxyl groups is 1. The van der Waals surface area contributed by atoms with Gasteiger partial charge >= 0.3 is 0 Å². The molecule has 66 valence electrons. The Labute approximate surface area is 78.8 Å². The molecule has 1 nitrogen and oxygen atoms in total. The van der Waals surface area contributed by atoms with Crippen LogP contribution in [0.2, 0.25) is 0 Å². The zero-order valence-corrected chi connectivity index (χ0v) is 8.31. The van der Waals surface area contributed by atoms with Crippen LogP contribution in [0.5, 0.6) is 0 Å². The zero-order chi connectivity index (χ0) is 9.14. The summed E-state index contributed by atoms with van der Waals surface area (Å²) in [5, 5.41) is 8.93. The molecule has 0 heterocycles. The van der Waals surface area contributed by atoms with Gasteiger partial charge in [-0.3, -0.25) is 0 Å². The van der Waals surface area contributed by atoms with Crippen molar-refractivity contribution in [2.24, 2.45) is 0 Å². The van der Waals surface area contributed by atoms with Crippen LogP contribution in [-0.2, 0) is 6.61 Å². The summed E-state index contributed by atoms with van der Waals surface area (Å²) in [5.74, 6) is 0.488.